The van der Waals surface area contributed by atoms with Crippen LogP contribution >= 0.6 is 23.1 Å². The molecule has 1 fully saturated rings. The molecule has 1 aliphatic heterocycles. The lowest BCUT2D eigenvalue weighted by Gasteiger charge is -2.26. The number of hydrogen-bond acceptors (Lipinski definition) is 4. The van der Waals surface area contributed by atoms with Gasteiger partial charge in [-0.3, -0.25) is 9.59 Å². The lowest BCUT2D eigenvalue weighted by Crippen LogP contribution is -2.50. The fourth-order valence-corrected chi connectivity index (χ4v) is 3.91. The van der Waals surface area contributed by atoms with E-state index >= 15 is 0 Å². The van der Waals surface area contributed by atoms with Crippen molar-refractivity contribution in [2.24, 2.45) is 5.92 Å². The summed E-state index contributed by atoms with van der Waals surface area (Å²) in [5.41, 5.74) is 1.02. The molecule has 0 saturated carbocycles. The maximum atomic E-state index is 12.4. The van der Waals surface area contributed by atoms with E-state index in [2.05, 4.69) is 19.2 Å². The van der Waals surface area contributed by atoms with Crippen LogP contribution in [0.4, 0.5) is 0 Å². The molecule has 21 heavy (non-hydrogen) atoms. The SMILES string of the molecule is CC(C)C(C)NC(=O)C1CSCN1C(=O)Cc1ccsc1. The van der Waals surface area contributed by atoms with Gasteiger partial charge >= 0.3 is 0 Å². The molecule has 0 spiro atoms. The highest BCUT2D eigenvalue weighted by Crippen LogP contribution is 2.23. The summed E-state index contributed by atoms with van der Waals surface area (Å²) in [5.74, 6) is 1.69. The van der Waals surface area contributed by atoms with Gasteiger partial charge in [-0.15, -0.1) is 11.8 Å². The second-order valence-electron chi connectivity index (χ2n) is 5.73. The van der Waals surface area contributed by atoms with Crippen molar-refractivity contribution in [3.05, 3.63) is 22.4 Å². The first-order valence-electron chi connectivity index (χ1n) is 7.17. The predicted molar refractivity (Wildman–Crippen MR) is 88.4 cm³/mol. The van der Waals surface area contributed by atoms with Crippen LogP contribution in [0.3, 0.4) is 0 Å². The summed E-state index contributed by atoms with van der Waals surface area (Å²) in [6.07, 6.45) is 0.383. The number of thiophene rings is 1. The Kier molecular flexibility index (Phi) is 5.70. The summed E-state index contributed by atoms with van der Waals surface area (Å²) in [4.78, 5) is 26.5. The summed E-state index contributed by atoms with van der Waals surface area (Å²) < 4.78 is 0. The fraction of sp³-hybridized carbons (Fsp3) is 0.600. The molecule has 0 bridgehead atoms. The molecule has 2 heterocycles. The van der Waals surface area contributed by atoms with E-state index < -0.39 is 0 Å². The lowest BCUT2D eigenvalue weighted by atomic mass is 10.1. The maximum absolute atomic E-state index is 12.4. The van der Waals surface area contributed by atoms with Crippen LogP contribution in [0.25, 0.3) is 0 Å². The van der Waals surface area contributed by atoms with Crippen LogP contribution in [0, 0.1) is 5.92 Å². The van der Waals surface area contributed by atoms with Crippen LogP contribution in [0.5, 0.6) is 0 Å². The minimum Gasteiger partial charge on any atom is -0.352 e. The first kappa shape index (κ1) is 16.4. The van der Waals surface area contributed by atoms with Crippen molar-refractivity contribution in [2.75, 3.05) is 11.6 Å². The summed E-state index contributed by atoms with van der Waals surface area (Å²) in [5, 5.41) is 6.97. The number of carbonyl (C=O) groups excluding carboxylic acids is 2. The van der Waals surface area contributed by atoms with Gasteiger partial charge in [0.2, 0.25) is 11.8 Å². The number of nitrogens with zero attached hydrogens (tertiary/aromatic N) is 1. The molecule has 4 nitrogen and oxygen atoms in total. The minimum absolute atomic E-state index is 0.0279. The van der Waals surface area contributed by atoms with Gasteiger partial charge in [0.1, 0.15) is 6.04 Å². The van der Waals surface area contributed by atoms with E-state index in [9.17, 15) is 9.59 Å². The largest absolute Gasteiger partial charge is 0.352 e. The Balaban J connectivity index is 1.96. The Morgan fingerprint density at radius 1 is 1.43 bits per heavy atom. The second-order valence-corrected chi connectivity index (χ2v) is 7.51. The van der Waals surface area contributed by atoms with Crippen LogP contribution in [-0.4, -0.2) is 40.4 Å². The minimum atomic E-state index is -0.331. The smallest absolute Gasteiger partial charge is 0.243 e. The molecule has 1 aliphatic rings. The topological polar surface area (TPSA) is 49.4 Å². The molecule has 2 atom stereocenters. The van der Waals surface area contributed by atoms with Crippen molar-refractivity contribution >= 4 is 34.9 Å². The summed E-state index contributed by atoms with van der Waals surface area (Å²) >= 11 is 3.23. The third-order valence-electron chi connectivity index (χ3n) is 3.81. The quantitative estimate of drug-likeness (QED) is 0.903. The van der Waals surface area contributed by atoms with Crippen molar-refractivity contribution in [3.8, 4) is 0 Å². The van der Waals surface area contributed by atoms with E-state index in [-0.39, 0.29) is 23.9 Å². The number of hydrogen-bond donors (Lipinski definition) is 1. The molecular weight excluding hydrogens is 304 g/mol. The molecule has 0 aromatic carbocycles. The van der Waals surface area contributed by atoms with Gasteiger partial charge in [-0.25, -0.2) is 0 Å². The normalized spacial score (nSPS) is 19.8. The second kappa shape index (κ2) is 7.31. The maximum Gasteiger partial charge on any atom is 0.243 e. The van der Waals surface area contributed by atoms with Crippen molar-refractivity contribution in [3.63, 3.8) is 0 Å². The number of thioether (sulfide) groups is 1. The van der Waals surface area contributed by atoms with Gasteiger partial charge < -0.3 is 10.2 Å². The average molecular weight is 326 g/mol. The van der Waals surface area contributed by atoms with E-state index in [4.69, 9.17) is 0 Å². The van der Waals surface area contributed by atoms with Gasteiger partial charge in [0.05, 0.1) is 12.3 Å². The van der Waals surface area contributed by atoms with E-state index in [0.29, 0.717) is 24.0 Å². The monoisotopic (exact) mass is 326 g/mol. The molecule has 116 valence electrons. The van der Waals surface area contributed by atoms with E-state index in [1.54, 1.807) is 28.0 Å². The zero-order chi connectivity index (χ0) is 15.4. The molecule has 0 aliphatic carbocycles. The first-order valence-corrected chi connectivity index (χ1v) is 9.27. The molecule has 1 saturated heterocycles. The highest BCUT2D eigenvalue weighted by Gasteiger charge is 2.35. The van der Waals surface area contributed by atoms with Crippen molar-refractivity contribution < 1.29 is 9.59 Å². The molecule has 6 heteroatoms. The summed E-state index contributed by atoms with van der Waals surface area (Å²) in [6.45, 7) is 6.16. The van der Waals surface area contributed by atoms with Gasteiger partial charge in [-0.1, -0.05) is 13.8 Å². The zero-order valence-corrected chi connectivity index (χ0v) is 14.3. The molecule has 2 unspecified atom stereocenters. The van der Waals surface area contributed by atoms with Crippen LogP contribution in [0.1, 0.15) is 26.3 Å². The third kappa shape index (κ3) is 4.23. The average Bonchev–Trinajstić information content (AvgIpc) is 3.08. The van der Waals surface area contributed by atoms with Crippen LogP contribution in [0.15, 0.2) is 16.8 Å². The van der Waals surface area contributed by atoms with Gasteiger partial charge in [-0.05, 0) is 35.2 Å². The van der Waals surface area contributed by atoms with Crippen LogP contribution < -0.4 is 5.32 Å². The molecule has 0 radical (unpaired) electrons. The summed E-state index contributed by atoms with van der Waals surface area (Å²) in [7, 11) is 0. The number of carbonyl (C=O) groups is 2. The molecule has 1 aromatic heterocycles. The Hall–Kier alpha value is -1.01. The van der Waals surface area contributed by atoms with Crippen molar-refractivity contribution in [1.82, 2.24) is 10.2 Å². The molecule has 2 amide bonds. The Labute approximate surface area is 134 Å². The van der Waals surface area contributed by atoms with E-state index in [1.807, 2.05) is 23.8 Å². The highest BCUT2D eigenvalue weighted by atomic mass is 32.2. The number of rotatable bonds is 5. The van der Waals surface area contributed by atoms with Crippen molar-refractivity contribution in [1.29, 1.82) is 0 Å². The predicted octanol–water partition coefficient (Wildman–Crippen LogP) is 2.35. The highest BCUT2D eigenvalue weighted by molar-refractivity contribution is 7.99. The number of amides is 2. The molecule has 1 aromatic rings. The standard InChI is InChI=1S/C15H22N2O2S2/c1-10(2)11(3)16-15(19)13-8-21-9-17(13)14(18)6-12-4-5-20-7-12/h4-5,7,10-11,13H,6,8-9H2,1-3H3,(H,16,19). The lowest BCUT2D eigenvalue weighted by molar-refractivity contribution is -0.137. The van der Waals surface area contributed by atoms with Gasteiger partial charge in [0.25, 0.3) is 0 Å². The fourth-order valence-electron chi connectivity index (χ4n) is 2.06. The van der Waals surface area contributed by atoms with Gasteiger partial charge in [0.15, 0.2) is 0 Å². The summed E-state index contributed by atoms with van der Waals surface area (Å²) in [6, 6.07) is 1.75. The Bertz CT molecular complexity index is 488. The molecule has 1 N–H and O–H groups in total. The third-order valence-corrected chi connectivity index (χ3v) is 5.55. The van der Waals surface area contributed by atoms with Gasteiger partial charge in [-0.2, -0.15) is 11.3 Å². The molecular formula is C15H22N2O2S2. The van der Waals surface area contributed by atoms with E-state index in [0.717, 1.165) is 5.56 Å². The van der Waals surface area contributed by atoms with Crippen LogP contribution in [0.2, 0.25) is 0 Å². The van der Waals surface area contributed by atoms with Crippen molar-refractivity contribution in [2.45, 2.75) is 39.3 Å². The zero-order valence-electron chi connectivity index (χ0n) is 12.7. The van der Waals surface area contributed by atoms with Crippen LogP contribution in [-0.2, 0) is 16.0 Å². The Morgan fingerprint density at radius 2 is 2.19 bits per heavy atom. The Morgan fingerprint density at radius 3 is 2.81 bits per heavy atom. The van der Waals surface area contributed by atoms with Gasteiger partial charge in [0, 0.05) is 11.8 Å². The molecule has 2 rings (SSSR count). The number of nitrogens with one attached hydrogen (secondary N) is 1. The first-order chi connectivity index (χ1) is 9.99. The van der Waals surface area contributed by atoms with E-state index in [1.165, 1.54) is 0 Å².